The van der Waals surface area contributed by atoms with Crippen molar-refractivity contribution < 1.29 is 9.53 Å². The van der Waals surface area contributed by atoms with Crippen LogP contribution in [0.25, 0.3) is 10.9 Å². The Bertz CT molecular complexity index is 803. The molecule has 0 unspecified atom stereocenters. The van der Waals surface area contributed by atoms with Gasteiger partial charge in [-0.05, 0) is 48.3 Å². The Morgan fingerprint density at radius 2 is 2.33 bits per heavy atom. The van der Waals surface area contributed by atoms with Gasteiger partial charge in [-0.25, -0.2) is 9.78 Å². The average Bonchev–Trinajstić information content (AvgIpc) is 2.56. The second-order valence-electron chi connectivity index (χ2n) is 5.52. The summed E-state index contributed by atoms with van der Waals surface area (Å²) in [6, 6.07) is 1.84. The highest BCUT2D eigenvalue weighted by atomic mass is 79.9. The monoisotopic (exact) mass is 415 g/mol. The van der Waals surface area contributed by atoms with Gasteiger partial charge < -0.3 is 14.6 Å². The van der Waals surface area contributed by atoms with Crippen molar-refractivity contribution in [2.24, 2.45) is 0 Å². The number of carbonyl (C=O) groups is 1. The smallest absolute Gasteiger partial charge is 0.343 e. The normalized spacial score (nSPS) is 17.3. The van der Waals surface area contributed by atoms with Crippen LogP contribution in [0, 0.1) is 0 Å². The lowest BCUT2D eigenvalue weighted by molar-refractivity contribution is 0.0524. The second-order valence-corrected chi connectivity index (χ2v) is 6.34. The minimum absolute atomic E-state index is 0. The van der Waals surface area contributed by atoms with Gasteiger partial charge in [0.25, 0.3) is 0 Å². The lowest BCUT2D eigenvalue weighted by atomic mass is 10.1. The van der Waals surface area contributed by atoms with Crippen LogP contribution in [-0.4, -0.2) is 35.2 Å². The SMILES string of the molecule is CCOC(=O)c1cn([C@H]2CCCNC2)c2cnc(Br)cc2c1=O.Cl. The molecule has 2 aromatic heterocycles. The van der Waals surface area contributed by atoms with Crippen LogP contribution in [0.1, 0.15) is 36.2 Å². The maximum Gasteiger partial charge on any atom is 0.343 e. The molecule has 0 saturated carbocycles. The van der Waals surface area contributed by atoms with Gasteiger partial charge >= 0.3 is 5.97 Å². The molecule has 8 heteroatoms. The molecule has 1 aliphatic rings. The molecule has 1 saturated heterocycles. The number of rotatable bonds is 3. The van der Waals surface area contributed by atoms with E-state index in [-0.39, 0.29) is 36.0 Å². The fraction of sp³-hybridized carbons (Fsp3) is 0.438. The first-order chi connectivity index (χ1) is 11.1. The van der Waals surface area contributed by atoms with E-state index in [4.69, 9.17) is 4.74 Å². The molecule has 0 aromatic carbocycles. The molecule has 1 fully saturated rings. The minimum atomic E-state index is -0.579. The summed E-state index contributed by atoms with van der Waals surface area (Å²) in [7, 11) is 0. The van der Waals surface area contributed by atoms with Crippen molar-refractivity contribution in [1.29, 1.82) is 0 Å². The molecule has 3 heterocycles. The van der Waals surface area contributed by atoms with Crippen LogP contribution in [0.5, 0.6) is 0 Å². The predicted octanol–water partition coefficient (Wildman–Crippen LogP) is 2.68. The Morgan fingerprint density at radius 3 is 3.00 bits per heavy atom. The van der Waals surface area contributed by atoms with Crippen molar-refractivity contribution in [3.63, 3.8) is 0 Å². The molecule has 0 spiro atoms. The van der Waals surface area contributed by atoms with Gasteiger partial charge in [0.15, 0.2) is 0 Å². The van der Waals surface area contributed by atoms with E-state index < -0.39 is 5.97 Å². The number of ether oxygens (including phenoxy) is 1. The quantitative estimate of drug-likeness (QED) is 0.615. The molecular formula is C16H19BrClN3O3. The first-order valence-corrected chi connectivity index (χ1v) is 8.49. The van der Waals surface area contributed by atoms with E-state index in [1.54, 1.807) is 25.4 Å². The number of nitrogens with zero attached hydrogens (tertiary/aromatic N) is 2. The number of hydrogen-bond donors (Lipinski definition) is 1. The maximum absolute atomic E-state index is 12.7. The Labute approximate surface area is 154 Å². The minimum Gasteiger partial charge on any atom is -0.462 e. The van der Waals surface area contributed by atoms with Gasteiger partial charge in [-0.2, -0.15) is 0 Å². The van der Waals surface area contributed by atoms with Crippen LogP contribution >= 0.6 is 28.3 Å². The van der Waals surface area contributed by atoms with Gasteiger partial charge in [-0.15, -0.1) is 12.4 Å². The molecule has 2 aromatic rings. The van der Waals surface area contributed by atoms with Gasteiger partial charge in [0.1, 0.15) is 10.2 Å². The van der Waals surface area contributed by atoms with E-state index in [0.717, 1.165) is 31.4 Å². The third-order valence-corrected chi connectivity index (χ3v) is 4.48. The zero-order valence-electron chi connectivity index (χ0n) is 13.3. The Kier molecular flexibility index (Phi) is 6.37. The molecule has 1 N–H and O–H groups in total. The van der Waals surface area contributed by atoms with Crippen LogP contribution < -0.4 is 10.7 Å². The topological polar surface area (TPSA) is 73.2 Å². The Morgan fingerprint density at radius 1 is 1.54 bits per heavy atom. The van der Waals surface area contributed by atoms with Crippen molar-refractivity contribution >= 4 is 45.2 Å². The highest BCUT2D eigenvalue weighted by Crippen LogP contribution is 2.23. The number of hydrogen-bond acceptors (Lipinski definition) is 5. The standard InChI is InChI=1S/C16H18BrN3O3.ClH/c1-2-23-16(22)12-9-20(10-4-3-5-18-7-10)13-8-19-14(17)6-11(13)15(12)21;/h6,8-10,18H,2-5,7H2,1H3;1H/t10-;/m0./s1. The van der Waals surface area contributed by atoms with Crippen molar-refractivity contribution in [3.8, 4) is 0 Å². The van der Waals surface area contributed by atoms with Gasteiger partial charge in [0.2, 0.25) is 5.43 Å². The number of halogens is 2. The number of esters is 1. The summed E-state index contributed by atoms with van der Waals surface area (Å²) in [4.78, 5) is 29.0. The fourth-order valence-corrected chi connectivity index (χ4v) is 3.28. The summed E-state index contributed by atoms with van der Waals surface area (Å²) in [5, 5.41) is 3.83. The molecule has 1 aliphatic heterocycles. The molecule has 6 nitrogen and oxygen atoms in total. The number of fused-ring (bicyclic) bond motifs is 1. The average molecular weight is 417 g/mol. The molecule has 130 valence electrons. The van der Waals surface area contributed by atoms with Crippen LogP contribution in [0.2, 0.25) is 0 Å². The lowest BCUT2D eigenvalue weighted by Gasteiger charge is -2.27. The zero-order chi connectivity index (χ0) is 16.4. The van der Waals surface area contributed by atoms with Crippen LogP contribution in [-0.2, 0) is 4.74 Å². The zero-order valence-corrected chi connectivity index (χ0v) is 15.7. The summed E-state index contributed by atoms with van der Waals surface area (Å²) in [5.74, 6) is -0.579. The van der Waals surface area contributed by atoms with Crippen LogP contribution in [0.4, 0.5) is 0 Å². The van der Waals surface area contributed by atoms with Crippen LogP contribution in [0.3, 0.4) is 0 Å². The first kappa shape index (κ1) is 18.9. The summed E-state index contributed by atoms with van der Waals surface area (Å²) in [6.07, 6.45) is 5.33. The maximum atomic E-state index is 12.7. The number of piperidine rings is 1. The fourth-order valence-electron chi connectivity index (χ4n) is 2.95. The van der Waals surface area contributed by atoms with Crippen LogP contribution in [0.15, 0.2) is 27.9 Å². The van der Waals surface area contributed by atoms with Gasteiger partial charge in [-0.3, -0.25) is 4.79 Å². The molecule has 24 heavy (non-hydrogen) atoms. The van der Waals surface area contributed by atoms with Gasteiger partial charge in [0.05, 0.1) is 23.7 Å². The molecule has 3 rings (SSSR count). The lowest BCUT2D eigenvalue weighted by Crippen LogP contribution is -2.33. The first-order valence-electron chi connectivity index (χ1n) is 7.70. The van der Waals surface area contributed by atoms with E-state index in [2.05, 4.69) is 26.2 Å². The number of aromatic nitrogens is 2. The van der Waals surface area contributed by atoms with Crippen molar-refractivity contribution in [3.05, 3.63) is 38.9 Å². The summed E-state index contributed by atoms with van der Waals surface area (Å²) >= 11 is 3.29. The van der Waals surface area contributed by atoms with E-state index in [1.165, 1.54) is 0 Å². The Hall–Kier alpha value is -1.44. The summed E-state index contributed by atoms with van der Waals surface area (Å²) in [6.45, 7) is 3.75. The number of pyridine rings is 2. The molecule has 0 radical (unpaired) electrons. The van der Waals surface area contributed by atoms with Crippen molar-refractivity contribution in [2.75, 3.05) is 19.7 Å². The molecule has 1 atom stereocenters. The largest absolute Gasteiger partial charge is 0.462 e. The summed E-state index contributed by atoms with van der Waals surface area (Å²) in [5.41, 5.74) is 0.490. The Balaban J connectivity index is 0.00000208. The van der Waals surface area contributed by atoms with Gasteiger partial charge in [-0.1, -0.05) is 0 Å². The van der Waals surface area contributed by atoms with E-state index in [0.29, 0.717) is 9.99 Å². The van der Waals surface area contributed by atoms with E-state index in [1.807, 2.05) is 4.57 Å². The number of carbonyl (C=O) groups excluding carboxylic acids is 1. The van der Waals surface area contributed by atoms with E-state index >= 15 is 0 Å². The third kappa shape index (κ3) is 3.63. The van der Waals surface area contributed by atoms with Crippen molar-refractivity contribution in [1.82, 2.24) is 14.9 Å². The van der Waals surface area contributed by atoms with E-state index in [9.17, 15) is 9.59 Å². The third-order valence-electron chi connectivity index (χ3n) is 4.04. The second kappa shape index (κ2) is 8.09. The van der Waals surface area contributed by atoms with Gasteiger partial charge in [0, 0.05) is 18.8 Å². The molecule has 0 aliphatic carbocycles. The summed E-state index contributed by atoms with van der Waals surface area (Å²) < 4.78 is 7.58. The highest BCUT2D eigenvalue weighted by molar-refractivity contribution is 9.10. The number of nitrogens with one attached hydrogen (secondary N) is 1. The molecular weight excluding hydrogens is 398 g/mol. The highest BCUT2D eigenvalue weighted by Gasteiger charge is 2.22. The predicted molar refractivity (Wildman–Crippen MR) is 98.0 cm³/mol. The van der Waals surface area contributed by atoms with Crippen molar-refractivity contribution in [2.45, 2.75) is 25.8 Å². The molecule has 0 bridgehead atoms. The molecule has 0 amide bonds.